The zero-order chi connectivity index (χ0) is 13.7. The Labute approximate surface area is 115 Å². The van der Waals surface area contributed by atoms with Crippen molar-refractivity contribution in [2.45, 2.75) is 39.2 Å². The summed E-state index contributed by atoms with van der Waals surface area (Å²) in [5, 5.41) is 3.38. The Kier molecular flexibility index (Phi) is 4.91. The fourth-order valence-electron chi connectivity index (χ4n) is 2.63. The third-order valence-electron chi connectivity index (χ3n) is 3.56. The molecule has 0 aromatic carbocycles. The topological polar surface area (TPSA) is 45.2 Å². The highest BCUT2D eigenvalue weighted by molar-refractivity contribution is 5.94. The van der Waals surface area contributed by atoms with E-state index in [9.17, 15) is 4.79 Å². The van der Waals surface area contributed by atoms with Gasteiger partial charge >= 0.3 is 0 Å². The van der Waals surface area contributed by atoms with Crippen LogP contribution < -0.4 is 5.32 Å². The third-order valence-corrected chi connectivity index (χ3v) is 3.56. The maximum Gasteiger partial charge on any atom is 0.255 e. The number of hydrogen-bond donors (Lipinski definition) is 1. The lowest BCUT2D eigenvalue weighted by Crippen LogP contribution is -2.49. The second kappa shape index (κ2) is 6.66. The smallest absolute Gasteiger partial charge is 0.255 e. The van der Waals surface area contributed by atoms with E-state index in [1.165, 1.54) is 0 Å². The van der Waals surface area contributed by atoms with Gasteiger partial charge in [0, 0.05) is 31.5 Å². The maximum absolute atomic E-state index is 12.6. The first-order valence-corrected chi connectivity index (χ1v) is 7.15. The highest BCUT2D eigenvalue weighted by Crippen LogP contribution is 2.15. The molecular formula is C15H23N3O. The number of hydrogen-bond acceptors (Lipinski definition) is 3. The van der Waals surface area contributed by atoms with E-state index in [1.54, 1.807) is 12.4 Å². The largest absolute Gasteiger partial charge is 0.334 e. The van der Waals surface area contributed by atoms with E-state index in [2.05, 4.69) is 17.2 Å². The van der Waals surface area contributed by atoms with Gasteiger partial charge in [0.25, 0.3) is 5.91 Å². The number of piperidine rings is 1. The van der Waals surface area contributed by atoms with Gasteiger partial charge in [-0.15, -0.1) is 0 Å². The van der Waals surface area contributed by atoms with E-state index < -0.39 is 0 Å². The lowest BCUT2D eigenvalue weighted by Gasteiger charge is -2.34. The Morgan fingerprint density at radius 2 is 2.37 bits per heavy atom. The number of amides is 1. The lowest BCUT2D eigenvalue weighted by molar-refractivity contribution is 0.0648. The molecule has 1 aromatic heterocycles. The predicted octanol–water partition coefficient (Wildman–Crippen LogP) is 1.99. The van der Waals surface area contributed by atoms with Gasteiger partial charge in [-0.05, 0) is 44.4 Å². The van der Waals surface area contributed by atoms with Gasteiger partial charge in [0.15, 0.2) is 0 Å². The summed E-state index contributed by atoms with van der Waals surface area (Å²) in [6.45, 7) is 6.88. The monoisotopic (exact) mass is 261 g/mol. The van der Waals surface area contributed by atoms with Crippen LogP contribution in [-0.4, -0.2) is 41.5 Å². The molecule has 0 radical (unpaired) electrons. The number of nitrogens with one attached hydrogen (secondary N) is 1. The van der Waals surface area contributed by atoms with Crippen molar-refractivity contribution < 1.29 is 4.79 Å². The van der Waals surface area contributed by atoms with Gasteiger partial charge in [0.1, 0.15) is 0 Å². The molecule has 1 N–H and O–H groups in total. The molecule has 1 amide bonds. The molecule has 0 aliphatic carbocycles. The average molecular weight is 261 g/mol. The van der Waals surface area contributed by atoms with Crippen molar-refractivity contribution in [3.05, 3.63) is 29.6 Å². The maximum atomic E-state index is 12.6. The molecule has 2 heterocycles. The van der Waals surface area contributed by atoms with Crippen molar-refractivity contribution in [1.82, 2.24) is 15.2 Å². The van der Waals surface area contributed by atoms with Crippen LogP contribution >= 0.6 is 0 Å². The van der Waals surface area contributed by atoms with Crippen LogP contribution in [0.2, 0.25) is 0 Å². The molecule has 1 aromatic rings. The van der Waals surface area contributed by atoms with Crippen molar-refractivity contribution in [3.8, 4) is 0 Å². The minimum Gasteiger partial charge on any atom is -0.334 e. The van der Waals surface area contributed by atoms with Crippen LogP contribution in [0, 0.1) is 6.92 Å². The summed E-state index contributed by atoms with van der Waals surface area (Å²) in [7, 11) is 0. The van der Waals surface area contributed by atoms with Crippen molar-refractivity contribution in [2.75, 3.05) is 19.6 Å². The summed E-state index contributed by atoms with van der Waals surface area (Å²) in [4.78, 5) is 18.8. The second-order valence-electron chi connectivity index (χ2n) is 5.25. The van der Waals surface area contributed by atoms with E-state index in [4.69, 9.17) is 0 Å². The molecule has 1 aliphatic heterocycles. The van der Waals surface area contributed by atoms with Gasteiger partial charge in [-0.1, -0.05) is 6.92 Å². The van der Waals surface area contributed by atoms with Gasteiger partial charge in [0.2, 0.25) is 0 Å². The summed E-state index contributed by atoms with van der Waals surface area (Å²) in [6, 6.07) is 2.25. The van der Waals surface area contributed by atoms with Crippen LogP contribution in [0.4, 0.5) is 0 Å². The van der Waals surface area contributed by atoms with E-state index in [0.717, 1.165) is 44.5 Å². The van der Waals surface area contributed by atoms with E-state index in [0.29, 0.717) is 11.6 Å². The second-order valence-corrected chi connectivity index (χ2v) is 5.25. The minimum absolute atomic E-state index is 0.117. The summed E-state index contributed by atoms with van der Waals surface area (Å²) < 4.78 is 0. The van der Waals surface area contributed by atoms with Crippen LogP contribution in [0.5, 0.6) is 0 Å². The normalized spacial score (nSPS) is 19.2. The first kappa shape index (κ1) is 14.0. The standard InChI is InChI=1S/C15H23N3O/c1-3-7-18(14-5-4-6-16-11-14)15(19)13-8-12(2)9-17-10-13/h8-10,14,16H,3-7,11H2,1-2H3. The highest BCUT2D eigenvalue weighted by Gasteiger charge is 2.25. The number of aryl methyl sites for hydroxylation is 1. The van der Waals surface area contributed by atoms with Crippen LogP contribution in [0.25, 0.3) is 0 Å². The van der Waals surface area contributed by atoms with Crippen LogP contribution in [-0.2, 0) is 0 Å². The van der Waals surface area contributed by atoms with Crippen molar-refractivity contribution in [3.63, 3.8) is 0 Å². The first-order valence-electron chi connectivity index (χ1n) is 7.15. The molecule has 19 heavy (non-hydrogen) atoms. The SMILES string of the molecule is CCCN(C(=O)c1cncc(C)c1)C1CCCNC1. The molecule has 1 aliphatic rings. The molecule has 104 valence electrons. The lowest BCUT2D eigenvalue weighted by atomic mass is 10.0. The molecule has 1 fully saturated rings. The molecule has 0 saturated carbocycles. The molecule has 4 nitrogen and oxygen atoms in total. The van der Waals surface area contributed by atoms with Gasteiger partial charge < -0.3 is 10.2 Å². The quantitative estimate of drug-likeness (QED) is 0.901. The van der Waals surface area contributed by atoms with E-state index in [1.807, 2.05) is 17.9 Å². The number of carbonyl (C=O) groups is 1. The molecule has 0 bridgehead atoms. The fraction of sp³-hybridized carbons (Fsp3) is 0.600. The molecule has 0 spiro atoms. The van der Waals surface area contributed by atoms with Gasteiger partial charge in [-0.2, -0.15) is 0 Å². The third kappa shape index (κ3) is 3.53. The molecule has 1 unspecified atom stereocenters. The highest BCUT2D eigenvalue weighted by atomic mass is 16.2. The Morgan fingerprint density at radius 3 is 3.00 bits per heavy atom. The van der Waals surface area contributed by atoms with Gasteiger partial charge in [-0.3, -0.25) is 9.78 Å². The predicted molar refractivity (Wildman–Crippen MR) is 76.2 cm³/mol. The van der Waals surface area contributed by atoms with Gasteiger partial charge in [0.05, 0.1) is 5.56 Å². The van der Waals surface area contributed by atoms with Crippen molar-refractivity contribution >= 4 is 5.91 Å². The van der Waals surface area contributed by atoms with E-state index in [-0.39, 0.29) is 5.91 Å². The zero-order valence-electron chi connectivity index (χ0n) is 11.9. The zero-order valence-corrected chi connectivity index (χ0v) is 11.9. The number of carbonyl (C=O) groups excluding carboxylic acids is 1. The van der Waals surface area contributed by atoms with Crippen molar-refractivity contribution in [1.29, 1.82) is 0 Å². The molecule has 4 heteroatoms. The average Bonchev–Trinajstić information content (AvgIpc) is 2.45. The van der Waals surface area contributed by atoms with Crippen molar-refractivity contribution in [2.24, 2.45) is 0 Å². The van der Waals surface area contributed by atoms with Crippen LogP contribution in [0.15, 0.2) is 18.5 Å². The summed E-state index contributed by atoms with van der Waals surface area (Å²) in [5.41, 5.74) is 1.74. The Hall–Kier alpha value is -1.42. The van der Waals surface area contributed by atoms with Gasteiger partial charge in [-0.25, -0.2) is 0 Å². The summed E-state index contributed by atoms with van der Waals surface area (Å²) in [6.07, 6.45) is 6.68. The molecular weight excluding hydrogens is 238 g/mol. The minimum atomic E-state index is 0.117. The number of rotatable bonds is 4. The number of aromatic nitrogens is 1. The summed E-state index contributed by atoms with van der Waals surface area (Å²) >= 11 is 0. The Bertz CT molecular complexity index is 427. The van der Waals surface area contributed by atoms with Crippen LogP contribution in [0.3, 0.4) is 0 Å². The molecule has 1 saturated heterocycles. The Balaban J connectivity index is 2.15. The number of pyridine rings is 1. The first-order chi connectivity index (χ1) is 9.22. The number of nitrogens with zero attached hydrogens (tertiary/aromatic N) is 2. The summed E-state index contributed by atoms with van der Waals surface area (Å²) in [5.74, 6) is 0.117. The van der Waals surface area contributed by atoms with Crippen LogP contribution in [0.1, 0.15) is 42.1 Å². The van der Waals surface area contributed by atoms with E-state index >= 15 is 0 Å². The fourth-order valence-corrected chi connectivity index (χ4v) is 2.63. The Morgan fingerprint density at radius 1 is 1.53 bits per heavy atom. The molecule has 1 atom stereocenters. The molecule has 2 rings (SSSR count).